The predicted octanol–water partition coefficient (Wildman–Crippen LogP) is 2.20. The maximum atomic E-state index is 12.2. The Bertz CT molecular complexity index is 979. The van der Waals surface area contributed by atoms with Gasteiger partial charge in [-0.3, -0.25) is 0 Å². The second-order valence-corrected chi connectivity index (χ2v) is 8.01. The Balaban J connectivity index is 1.60. The first-order valence-corrected chi connectivity index (χ1v) is 10.0. The van der Waals surface area contributed by atoms with Crippen molar-refractivity contribution in [3.8, 4) is 10.7 Å². The van der Waals surface area contributed by atoms with Crippen molar-refractivity contribution in [2.45, 2.75) is 12.3 Å². The van der Waals surface area contributed by atoms with Crippen LogP contribution in [0.3, 0.4) is 0 Å². The summed E-state index contributed by atoms with van der Waals surface area (Å²) in [6.07, 6.45) is 0. The number of methoxy groups -OCH3 is 1. The lowest BCUT2D eigenvalue weighted by Crippen LogP contribution is -2.24. The monoisotopic (exact) mass is 393 g/mol. The van der Waals surface area contributed by atoms with Gasteiger partial charge in [-0.1, -0.05) is 23.4 Å². The first-order valence-electron chi connectivity index (χ1n) is 7.48. The van der Waals surface area contributed by atoms with Gasteiger partial charge in [0.25, 0.3) is 0 Å². The summed E-state index contributed by atoms with van der Waals surface area (Å²) < 4.78 is 36.5. The van der Waals surface area contributed by atoms with Crippen molar-refractivity contribution in [1.29, 1.82) is 0 Å². The van der Waals surface area contributed by atoms with E-state index in [1.54, 1.807) is 12.1 Å². The molecule has 10 heteroatoms. The summed E-state index contributed by atoms with van der Waals surface area (Å²) in [6.45, 7) is -0.0963. The minimum absolute atomic E-state index is 0.0963. The zero-order valence-corrected chi connectivity index (χ0v) is 15.3. The van der Waals surface area contributed by atoms with Crippen LogP contribution < -0.4 is 4.72 Å². The van der Waals surface area contributed by atoms with Crippen LogP contribution in [0.1, 0.15) is 21.8 Å². The maximum absolute atomic E-state index is 12.2. The Morgan fingerprint density at radius 1 is 1.27 bits per heavy atom. The Morgan fingerprint density at radius 2 is 2.04 bits per heavy atom. The molecule has 8 nitrogen and oxygen atoms in total. The van der Waals surface area contributed by atoms with Crippen molar-refractivity contribution in [3.05, 3.63) is 58.8 Å². The third kappa shape index (κ3) is 4.54. The highest BCUT2D eigenvalue weighted by Crippen LogP contribution is 2.21. The number of rotatable bonds is 7. The molecule has 1 N–H and O–H groups in total. The second-order valence-electron chi connectivity index (χ2n) is 5.26. The Labute approximate surface area is 153 Å². The number of nitrogens with one attached hydrogen (secondary N) is 1. The summed E-state index contributed by atoms with van der Waals surface area (Å²) in [5.74, 6) is -0.110. The average Bonchev–Trinajstić information content (AvgIpc) is 3.31. The molecule has 0 atom stereocenters. The molecule has 0 spiro atoms. The van der Waals surface area contributed by atoms with E-state index in [0.29, 0.717) is 17.0 Å². The number of ether oxygens (including phenoxy) is 1. The van der Waals surface area contributed by atoms with E-state index in [1.807, 2.05) is 17.5 Å². The highest BCUT2D eigenvalue weighted by Gasteiger charge is 2.15. The van der Waals surface area contributed by atoms with E-state index < -0.39 is 16.0 Å². The van der Waals surface area contributed by atoms with Gasteiger partial charge in [-0.15, -0.1) is 11.3 Å². The van der Waals surface area contributed by atoms with Crippen molar-refractivity contribution in [1.82, 2.24) is 14.9 Å². The van der Waals surface area contributed by atoms with E-state index >= 15 is 0 Å². The summed E-state index contributed by atoms with van der Waals surface area (Å²) in [7, 11) is -2.32. The zero-order valence-electron chi connectivity index (χ0n) is 13.7. The number of benzene rings is 1. The van der Waals surface area contributed by atoms with Gasteiger partial charge in [0.05, 0.1) is 29.8 Å². The molecule has 2 heterocycles. The molecule has 26 heavy (non-hydrogen) atoms. The van der Waals surface area contributed by atoms with Crippen molar-refractivity contribution >= 4 is 27.3 Å². The number of carbonyl (C=O) groups is 1. The molecule has 0 bridgehead atoms. The molecule has 0 saturated carbocycles. The van der Waals surface area contributed by atoms with E-state index in [4.69, 9.17) is 4.52 Å². The van der Waals surface area contributed by atoms with Crippen LogP contribution in [0.4, 0.5) is 0 Å². The fourth-order valence-electron chi connectivity index (χ4n) is 2.13. The van der Waals surface area contributed by atoms with Crippen LogP contribution in [-0.4, -0.2) is 31.6 Å². The Morgan fingerprint density at radius 3 is 2.69 bits per heavy atom. The minimum atomic E-state index is -3.61. The van der Waals surface area contributed by atoms with Gasteiger partial charge in [-0.05, 0) is 29.1 Å². The number of nitrogens with zero attached hydrogens (tertiary/aromatic N) is 2. The largest absolute Gasteiger partial charge is 0.465 e. The van der Waals surface area contributed by atoms with E-state index in [0.717, 1.165) is 4.88 Å². The molecule has 0 unspecified atom stereocenters. The fourth-order valence-corrected chi connectivity index (χ4v) is 3.86. The van der Waals surface area contributed by atoms with Crippen LogP contribution in [-0.2, 0) is 27.1 Å². The van der Waals surface area contributed by atoms with Gasteiger partial charge in [0.2, 0.25) is 21.7 Å². The fraction of sp³-hybridized carbons (Fsp3) is 0.188. The Kier molecular flexibility index (Phi) is 5.45. The summed E-state index contributed by atoms with van der Waals surface area (Å²) in [5, 5.41) is 5.71. The summed E-state index contributed by atoms with van der Waals surface area (Å²) in [6, 6.07) is 9.87. The lowest BCUT2D eigenvalue weighted by molar-refractivity contribution is 0.0600. The van der Waals surface area contributed by atoms with E-state index in [-0.39, 0.29) is 18.2 Å². The molecule has 1 aromatic carbocycles. The van der Waals surface area contributed by atoms with E-state index in [2.05, 4.69) is 19.6 Å². The first kappa shape index (κ1) is 18.2. The van der Waals surface area contributed by atoms with Crippen LogP contribution in [0.25, 0.3) is 10.7 Å². The number of aromatic nitrogens is 2. The molecule has 2 aromatic heterocycles. The molecule has 0 aliphatic carbocycles. The number of thiophene rings is 1. The van der Waals surface area contributed by atoms with Crippen LogP contribution in [0.5, 0.6) is 0 Å². The number of sulfonamides is 1. The molecular weight excluding hydrogens is 378 g/mol. The van der Waals surface area contributed by atoms with Gasteiger partial charge in [0, 0.05) is 0 Å². The van der Waals surface area contributed by atoms with Crippen molar-refractivity contribution in [2.75, 3.05) is 7.11 Å². The zero-order chi connectivity index (χ0) is 18.6. The molecule has 3 rings (SSSR count). The van der Waals surface area contributed by atoms with Crippen LogP contribution >= 0.6 is 11.3 Å². The van der Waals surface area contributed by atoms with Crippen LogP contribution in [0.15, 0.2) is 46.3 Å². The molecule has 0 fully saturated rings. The van der Waals surface area contributed by atoms with Crippen molar-refractivity contribution < 1.29 is 22.5 Å². The molecule has 0 aliphatic rings. The third-order valence-corrected chi connectivity index (χ3v) is 5.55. The Hall–Kier alpha value is -2.56. The second kappa shape index (κ2) is 7.77. The van der Waals surface area contributed by atoms with Gasteiger partial charge in [-0.2, -0.15) is 4.98 Å². The smallest absolute Gasteiger partial charge is 0.337 e. The first-order chi connectivity index (χ1) is 12.5. The van der Waals surface area contributed by atoms with Gasteiger partial charge >= 0.3 is 5.97 Å². The SMILES string of the molecule is COC(=O)c1ccc(CS(=O)(=O)NCc2nc(-c3cccs3)no2)cc1. The normalized spacial score (nSPS) is 11.4. The quantitative estimate of drug-likeness (QED) is 0.613. The molecular formula is C16H15N3O5S2. The highest BCUT2D eigenvalue weighted by molar-refractivity contribution is 7.88. The van der Waals surface area contributed by atoms with E-state index in [1.165, 1.54) is 30.6 Å². The van der Waals surface area contributed by atoms with Gasteiger partial charge in [0.15, 0.2) is 0 Å². The summed E-state index contributed by atoms with van der Waals surface area (Å²) >= 11 is 1.46. The number of esters is 1. The lowest BCUT2D eigenvalue weighted by Gasteiger charge is -2.05. The molecule has 0 amide bonds. The van der Waals surface area contributed by atoms with Crippen LogP contribution in [0, 0.1) is 0 Å². The summed E-state index contributed by atoms with van der Waals surface area (Å²) in [5.41, 5.74) is 0.892. The standard InChI is InChI=1S/C16H15N3O5S2/c1-23-16(20)12-6-4-11(5-7-12)10-26(21,22)17-9-14-18-15(19-24-14)13-3-2-8-25-13/h2-8,17H,9-10H2,1H3. The summed E-state index contributed by atoms with van der Waals surface area (Å²) in [4.78, 5) is 16.4. The minimum Gasteiger partial charge on any atom is -0.465 e. The molecule has 0 saturated heterocycles. The predicted molar refractivity (Wildman–Crippen MR) is 94.9 cm³/mol. The van der Waals surface area contributed by atoms with Crippen molar-refractivity contribution in [3.63, 3.8) is 0 Å². The number of hydrogen-bond acceptors (Lipinski definition) is 8. The van der Waals surface area contributed by atoms with Gasteiger partial charge < -0.3 is 9.26 Å². The van der Waals surface area contributed by atoms with Gasteiger partial charge in [-0.25, -0.2) is 17.9 Å². The molecule has 3 aromatic rings. The molecule has 136 valence electrons. The van der Waals surface area contributed by atoms with E-state index in [9.17, 15) is 13.2 Å². The topological polar surface area (TPSA) is 111 Å². The number of hydrogen-bond donors (Lipinski definition) is 1. The van der Waals surface area contributed by atoms with Crippen molar-refractivity contribution in [2.24, 2.45) is 0 Å². The highest BCUT2D eigenvalue weighted by atomic mass is 32.2. The maximum Gasteiger partial charge on any atom is 0.337 e. The molecule has 0 aliphatic heterocycles. The number of carbonyl (C=O) groups excluding carboxylic acids is 1. The lowest BCUT2D eigenvalue weighted by atomic mass is 10.1. The van der Waals surface area contributed by atoms with Gasteiger partial charge in [0.1, 0.15) is 0 Å². The average molecular weight is 393 g/mol. The molecule has 0 radical (unpaired) electrons. The third-order valence-electron chi connectivity index (χ3n) is 3.38. The van der Waals surface area contributed by atoms with Crippen LogP contribution in [0.2, 0.25) is 0 Å².